The van der Waals surface area contributed by atoms with Gasteiger partial charge in [0.1, 0.15) is 5.82 Å². The summed E-state index contributed by atoms with van der Waals surface area (Å²) in [5.74, 6) is -1.97. The monoisotopic (exact) mass is 265 g/mol. The molecule has 4 nitrogen and oxygen atoms in total. The molecule has 2 unspecified atom stereocenters. The second-order valence-electron chi connectivity index (χ2n) is 4.66. The molecular formula is C14H16FNO3. The van der Waals surface area contributed by atoms with Crippen LogP contribution in [0.5, 0.6) is 0 Å². The summed E-state index contributed by atoms with van der Waals surface area (Å²) < 4.78 is 13.0. The second kappa shape index (κ2) is 5.38. The SMILES string of the molecule is CCN1C(=O)CCC(C(=O)O)C1c1ccc(F)cc1. The van der Waals surface area contributed by atoms with Crippen molar-refractivity contribution in [1.82, 2.24) is 4.90 Å². The van der Waals surface area contributed by atoms with E-state index in [2.05, 4.69) is 0 Å². The van der Waals surface area contributed by atoms with Crippen molar-refractivity contribution in [3.05, 3.63) is 35.6 Å². The molecule has 0 radical (unpaired) electrons. The third-order valence-electron chi connectivity index (χ3n) is 3.58. The maximum atomic E-state index is 13.0. The number of carbonyl (C=O) groups is 2. The number of aliphatic carboxylic acids is 1. The van der Waals surface area contributed by atoms with E-state index in [1.165, 1.54) is 12.1 Å². The number of likely N-dealkylation sites (tertiary alicyclic amines) is 1. The first-order chi connectivity index (χ1) is 9.04. The molecule has 1 aromatic rings. The van der Waals surface area contributed by atoms with Crippen molar-refractivity contribution in [3.8, 4) is 0 Å². The van der Waals surface area contributed by atoms with Gasteiger partial charge < -0.3 is 10.0 Å². The zero-order chi connectivity index (χ0) is 14.0. The number of benzene rings is 1. The fourth-order valence-electron chi connectivity index (χ4n) is 2.66. The van der Waals surface area contributed by atoms with E-state index in [-0.39, 0.29) is 18.1 Å². The lowest BCUT2D eigenvalue weighted by atomic mass is 9.84. The normalized spacial score (nSPS) is 23.5. The van der Waals surface area contributed by atoms with Crippen molar-refractivity contribution in [2.24, 2.45) is 5.92 Å². The van der Waals surface area contributed by atoms with Gasteiger partial charge in [-0.1, -0.05) is 12.1 Å². The number of amides is 1. The number of rotatable bonds is 3. The average Bonchev–Trinajstić information content (AvgIpc) is 2.39. The number of carboxylic acids is 1. The van der Waals surface area contributed by atoms with Gasteiger partial charge >= 0.3 is 5.97 Å². The van der Waals surface area contributed by atoms with Crippen LogP contribution < -0.4 is 0 Å². The maximum absolute atomic E-state index is 13.0. The highest BCUT2D eigenvalue weighted by Crippen LogP contribution is 2.36. The molecule has 0 spiro atoms. The maximum Gasteiger partial charge on any atom is 0.308 e. The van der Waals surface area contributed by atoms with E-state index < -0.39 is 17.9 Å². The number of halogens is 1. The Kier molecular flexibility index (Phi) is 3.83. The molecule has 1 aliphatic heterocycles. The highest BCUT2D eigenvalue weighted by atomic mass is 19.1. The van der Waals surface area contributed by atoms with E-state index >= 15 is 0 Å². The van der Waals surface area contributed by atoms with Gasteiger partial charge in [0.2, 0.25) is 5.91 Å². The summed E-state index contributed by atoms with van der Waals surface area (Å²) >= 11 is 0. The Morgan fingerprint density at radius 2 is 2.05 bits per heavy atom. The minimum Gasteiger partial charge on any atom is -0.481 e. The largest absolute Gasteiger partial charge is 0.481 e. The summed E-state index contributed by atoms with van der Waals surface area (Å²) in [5.41, 5.74) is 0.670. The number of piperidine rings is 1. The van der Waals surface area contributed by atoms with Crippen molar-refractivity contribution in [2.75, 3.05) is 6.54 Å². The Morgan fingerprint density at radius 3 is 2.58 bits per heavy atom. The minimum atomic E-state index is -0.916. The molecule has 0 saturated carbocycles. The molecule has 1 fully saturated rings. The van der Waals surface area contributed by atoms with Gasteiger partial charge in [0.05, 0.1) is 12.0 Å². The quantitative estimate of drug-likeness (QED) is 0.911. The van der Waals surface area contributed by atoms with Crippen LogP contribution in [0.4, 0.5) is 4.39 Å². The molecule has 2 atom stereocenters. The lowest BCUT2D eigenvalue weighted by molar-refractivity contribution is -0.151. The van der Waals surface area contributed by atoms with Crippen molar-refractivity contribution < 1.29 is 19.1 Å². The Morgan fingerprint density at radius 1 is 1.42 bits per heavy atom. The van der Waals surface area contributed by atoms with E-state index in [1.807, 2.05) is 6.92 Å². The van der Waals surface area contributed by atoms with Gasteiger partial charge in [-0.2, -0.15) is 0 Å². The zero-order valence-corrected chi connectivity index (χ0v) is 10.7. The summed E-state index contributed by atoms with van der Waals surface area (Å²) in [4.78, 5) is 24.8. The molecule has 102 valence electrons. The number of nitrogens with zero attached hydrogens (tertiary/aromatic N) is 1. The predicted molar refractivity (Wildman–Crippen MR) is 66.9 cm³/mol. The average molecular weight is 265 g/mol. The first-order valence-corrected chi connectivity index (χ1v) is 6.32. The van der Waals surface area contributed by atoms with E-state index in [9.17, 15) is 19.1 Å². The highest BCUT2D eigenvalue weighted by Gasteiger charge is 2.39. The molecule has 1 aliphatic rings. The Labute approximate surface area is 110 Å². The Hall–Kier alpha value is -1.91. The third kappa shape index (κ3) is 2.59. The van der Waals surface area contributed by atoms with Crippen molar-refractivity contribution in [2.45, 2.75) is 25.8 Å². The predicted octanol–water partition coefficient (Wildman–Crippen LogP) is 2.21. The van der Waals surface area contributed by atoms with Gasteiger partial charge in [-0.25, -0.2) is 4.39 Å². The summed E-state index contributed by atoms with van der Waals surface area (Å²) in [6.07, 6.45) is 0.579. The molecule has 0 aromatic heterocycles. The molecule has 1 aromatic carbocycles. The van der Waals surface area contributed by atoms with E-state index in [1.54, 1.807) is 17.0 Å². The molecule has 1 heterocycles. The number of hydrogen-bond donors (Lipinski definition) is 1. The topological polar surface area (TPSA) is 57.6 Å². The van der Waals surface area contributed by atoms with E-state index in [0.29, 0.717) is 18.5 Å². The van der Waals surface area contributed by atoms with Crippen LogP contribution in [0.25, 0.3) is 0 Å². The number of carboxylic acid groups (broad SMARTS) is 1. The summed E-state index contributed by atoms with van der Waals surface area (Å²) in [6, 6.07) is 5.18. The highest BCUT2D eigenvalue weighted by molar-refractivity contribution is 5.81. The fourth-order valence-corrected chi connectivity index (χ4v) is 2.66. The first-order valence-electron chi connectivity index (χ1n) is 6.32. The molecule has 0 aliphatic carbocycles. The van der Waals surface area contributed by atoms with Crippen LogP contribution in [0, 0.1) is 11.7 Å². The standard InChI is InChI=1S/C14H16FNO3/c1-2-16-12(17)8-7-11(14(18)19)13(16)9-3-5-10(15)6-4-9/h3-6,11,13H,2,7-8H2,1H3,(H,18,19). The van der Waals surface area contributed by atoms with Crippen LogP contribution in [0.15, 0.2) is 24.3 Å². The molecule has 1 N–H and O–H groups in total. The Bertz CT molecular complexity index is 484. The first kappa shape index (κ1) is 13.5. The van der Waals surface area contributed by atoms with Crippen molar-refractivity contribution in [3.63, 3.8) is 0 Å². The molecule has 5 heteroatoms. The lowest BCUT2D eigenvalue weighted by Crippen LogP contribution is -2.45. The van der Waals surface area contributed by atoms with E-state index in [0.717, 1.165) is 0 Å². The van der Waals surface area contributed by atoms with Crippen LogP contribution in [0.1, 0.15) is 31.4 Å². The van der Waals surface area contributed by atoms with Gasteiger partial charge in [-0.3, -0.25) is 9.59 Å². The number of hydrogen-bond acceptors (Lipinski definition) is 2. The fraction of sp³-hybridized carbons (Fsp3) is 0.429. The lowest BCUT2D eigenvalue weighted by Gasteiger charge is -2.39. The molecule has 2 rings (SSSR count). The van der Waals surface area contributed by atoms with E-state index in [4.69, 9.17) is 0 Å². The van der Waals surface area contributed by atoms with Gasteiger partial charge in [-0.05, 0) is 31.0 Å². The molecule has 19 heavy (non-hydrogen) atoms. The molecule has 0 bridgehead atoms. The third-order valence-corrected chi connectivity index (χ3v) is 3.58. The van der Waals surface area contributed by atoms with Crippen LogP contribution >= 0.6 is 0 Å². The molecule has 1 saturated heterocycles. The Balaban J connectivity index is 2.40. The van der Waals surface area contributed by atoms with Crippen LogP contribution in [-0.2, 0) is 9.59 Å². The van der Waals surface area contributed by atoms with Crippen molar-refractivity contribution >= 4 is 11.9 Å². The summed E-state index contributed by atoms with van der Waals surface area (Å²) in [6.45, 7) is 2.27. The molecular weight excluding hydrogens is 249 g/mol. The van der Waals surface area contributed by atoms with Crippen LogP contribution in [0.3, 0.4) is 0 Å². The second-order valence-corrected chi connectivity index (χ2v) is 4.66. The van der Waals surface area contributed by atoms with Crippen LogP contribution in [-0.4, -0.2) is 28.4 Å². The number of carbonyl (C=O) groups excluding carboxylic acids is 1. The van der Waals surface area contributed by atoms with Gasteiger partial charge in [0.25, 0.3) is 0 Å². The van der Waals surface area contributed by atoms with Gasteiger partial charge in [-0.15, -0.1) is 0 Å². The van der Waals surface area contributed by atoms with Gasteiger partial charge in [0, 0.05) is 13.0 Å². The smallest absolute Gasteiger partial charge is 0.308 e. The zero-order valence-electron chi connectivity index (χ0n) is 10.7. The van der Waals surface area contributed by atoms with Gasteiger partial charge in [0.15, 0.2) is 0 Å². The molecule has 1 amide bonds. The summed E-state index contributed by atoms with van der Waals surface area (Å²) in [5, 5.41) is 9.31. The van der Waals surface area contributed by atoms with Crippen molar-refractivity contribution in [1.29, 1.82) is 0 Å². The minimum absolute atomic E-state index is 0.0469. The summed E-state index contributed by atoms with van der Waals surface area (Å²) in [7, 11) is 0. The van der Waals surface area contributed by atoms with Crippen LogP contribution in [0.2, 0.25) is 0 Å².